The molecule has 8 heteroatoms. The van der Waals surface area contributed by atoms with E-state index in [4.69, 9.17) is 19.9 Å². The van der Waals surface area contributed by atoms with Gasteiger partial charge in [-0.3, -0.25) is 9.59 Å². The Balaban J connectivity index is 0.000000192. The maximum Gasteiger partial charge on any atom is 0.223 e. The van der Waals surface area contributed by atoms with E-state index in [-0.39, 0.29) is 40.3 Å². The number of ether oxygens (including phenoxy) is 3. The molecular formula is C45H57NO7. The van der Waals surface area contributed by atoms with Crippen LogP contribution in [-0.2, 0) is 29.5 Å². The van der Waals surface area contributed by atoms with Crippen LogP contribution in [0.15, 0.2) is 48.5 Å². The Kier molecular flexibility index (Phi) is 10.0. The molecule has 0 bridgehead atoms. The smallest absolute Gasteiger partial charge is 0.223 e. The number of methoxy groups -OCH3 is 1. The number of rotatable bonds is 6. The first-order valence-corrected chi connectivity index (χ1v) is 19.1. The number of nitrogens with two attached hydrogens (primary N) is 1. The van der Waals surface area contributed by atoms with Gasteiger partial charge in [0.1, 0.15) is 34.2 Å². The summed E-state index contributed by atoms with van der Waals surface area (Å²) in [6.07, 6.45) is 8.98. The zero-order chi connectivity index (χ0) is 38.7. The molecule has 3 aromatic carbocycles. The van der Waals surface area contributed by atoms with E-state index in [9.17, 15) is 19.8 Å². The van der Waals surface area contributed by atoms with Crippen LogP contribution in [0.3, 0.4) is 0 Å². The number of aromatic hydroxyl groups is 1. The number of fused-ring (bicyclic) bond motifs is 5. The fourth-order valence-corrected chi connectivity index (χ4v) is 9.19. The van der Waals surface area contributed by atoms with Crippen LogP contribution >= 0.6 is 0 Å². The van der Waals surface area contributed by atoms with Crippen molar-refractivity contribution in [2.24, 2.45) is 17.1 Å². The van der Waals surface area contributed by atoms with Crippen molar-refractivity contribution in [3.8, 4) is 23.0 Å². The summed E-state index contributed by atoms with van der Waals surface area (Å²) in [5, 5.41) is 20.8. The van der Waals surface area contributed by atoms with Crippen LogP contribution in [-0.4, -0.2) is 46.3 Å². The molecule has 8 nitrogen and oxygen atoms in total. The summed E-state index contributed by atoms with van der Waals surface area (Å²) in [5.74, 6) is 2.21. The highest BCUT2D eigenvalue weighted by molar-refractivity contribution is 6.01. The molecule has 4 atom stereocenters. The SMILES string of the molecule is CC(C)c1ccc2c(c1)CCC1C(C)(C(N)=O)CCCC21C.COc1c(CC(=O)c2cc3c(cc2O)OC(C)(C)C(O)C3)ccc2c1C=CC(C)(C)O2. The number of amides is 1. The summed E-state index contributed by atoms with van der Waals surface area (Å²) in [4.78, 5) is 25.3. The maximum absolute atomic E-state index is 13.1. The lowest BCUT2D eigenvalue weighted by atomic mass is 9.49. The van der Waals surface area contributed by atoms with E-state index in [0.29, 0.717) is 46.6 Å². The molecule has 0 saturated heterocycles. The van der Waals surface area contributed by atoms with Crippen molar-refractivity contribution in [1.82, 2.24) is 0 Å². The van der Waals surface area contributed by atoms with E-state index in [2.05, 4.69) is 45.9 Å². The van der Waals surface area contributed by atoms with E-state index in [1.165, 1.54) is 29.2 Å². The van der Waals surface area contributed by atoms with Crippen LogP contribution in [0.1, 0.15) is 131 Å². The molecule has 284 valence electrons. The normalized spacial score (nSPS) is 25.9. The minimum absolute atomic E-state index is 0.0505. The number of phenolic OH excluding ortho intramolecular Hbond substituents is 1. The minimum Gasteiger partial charge on any atom is -0.507 e. The minimum atomic E-state index is -0.758. The Morgan fingerprint density at radius 1 is 0.962 bits per heavy atom. The zero-order valence-electron chi connectivity index (χ0n) is 32.9. The summed E-state index contributed by atoms with van der Waals surface area (Å²) in [7, 11) is 1.56. The molecule has 0 radical (unpaired) electrons. The molecule has 0 spiro atoms. The van der Waals surface area contributed by atoms with Crippen LogP contribution in [0.25, 0.3) is 6.08 Å². The summed E-state index contributed by atoms with van der Waals surface area (Å²) in [6.45, 7) is 16.5. The molecule has 1 amide bonds. The third-order valence-corrected chi connectivity index (χ3v) is 12.5. The summed E-state index contributed by atoms with van der Waals surface area (Å²) >= 11 is 0. The van der Waals surface area contributed by atoms with Gasteiger partial charge in [0.15, 0.2) is 5.78 Å². The molecule has 4 unspecified atom stereocenters. The molecule has 53 heavy (non-hydrogen) atoms. The zero-order valence-corrected chi connectivity index (χ0v) is 32.9. The van der Waals surface area contributed by atoms with Crippen LogP contribution in [0.5, 0.6) is 23.0 Å². The highest BCUT2D eigenvalue weighted by Crippen LogP contribution is 2.57. The Hall–Kier alpha value is -4.30. The standard InChI is InChI=1S/C25H28O6.C20H29NO/c1-24(2)9-8-16-20(30-24)7-6-14(23(16)29-5)11-18(26)17-10-15-12-22(28)25(3,4)31-21(15)13-19(17)27;1-13(2)14-6-8-16-15(12-14)7-9-17-19(16,3)10-5-11-20(17,4)18(21)22/h6-10,13,22,27-28H,11-12H2,1-5H3;6,8,12-13,17H,5,7,9-11H2,1-4H3,(H2,21,22). The Morgan fingerprint density at radius 3 is 2.38 bits per heavy atom. The monoisotopic (exact) mass is 723 g/mol. The van der Waals surface area contributed by atoms with E-state index in [1.807, 2.05) is 38.1 Å². The summed E-state index contributed by atoms with van der Waals surface area (Å²) in [6, 6.07) is 13.7. The van der Waals surface area contributed by atoms with Gasteiger partial charge in [-0.25, -0.2) is 0 Å². The van der Waals surface area contributed by atoms with Crippen molar-refractivity contribution in [3.05, 3.63) is 87.5 Å². The number of Topliss-reactive ketones (excluding diaryl/α,β-unsaturated/α-hetero) is 1. The number of benzene rings is 3. The second-order valence-electron chi connectivity index (χ2n) is 17.4. The number of primary amides is 1. The molecule has 2 aliphatic carbocycles. The maximum atomic E-state index is 13.1. The highest BCUT2D eigenvalue weighted by Gasteiger charge is 2.54. The van der Waals surface area contributed by atoms with Gasteiger partial charge < -0.3 is 30.2 Å². The van der Waals surface area contributed by atoms with Gasteiger partial charge in [0.25, 0.3) is 0 Å². The number of hydrogen-bond acceptors (Lipinski definition) is 7. The lowest BCUT2D eigenvalue weighted by molar-refractivity contribution is -0.135. The van der Waals surface area contributed by atoms with E-state index < -0.39 is 17.3 Å². The fourth-order valence-electron chi connectivity index (χ4n) is 9.19. The predicted octanol–water partition coefficient (Wildman–Crippen LogP) is 8.39. The molecule has 1 saturated carbocycles. The number of ketones is 1. The van der Waals surface area contributed by atoms with Crippen LogP contribution in [0.4, 0.5) is 0 Å². The first kappa shape index (κ1) is 38.4. The molecule has 7 rings (SSSR count). The van der Waals surface area contributed by atoms with Crippen molar-refractivity contribution in [1.29, 1.82) is 0 Å². The molecule has 0 aromatic heterocycles. The topological polar surface area (TPSA) is 128 Å². The lowest BCUT2D eigenvalue weighted by Crippen LogP contribution is -2.54. The predicted molar refractivity (Wildman–Crippen MR) is 208 cm³/mol. The van der Waals surface area contributed by atoms with Gasteiger partial charge in [-0.15, -0.1) is 0 Å². The van der Waals surface area contributed by atoms with Crippen molar-refractivity contribution >= 4 is 17.8 Å². The number of hydrogen-bond donors (Lipinski definition) is 3. The van der Waals surface area contributed by atoms with Crippen molar-refractivity contribution in [2.75, 3.05) is 7.11 Å². The molecule has 4 N–H and O–H groups in total. The number of carbonyl (C=O) groups excluding carboxylic acids is 2. The van der Waals surface area contributed by atoms with Crippen molar-refractivity contribution < 1.29 is 34.0 Å². The van der Waals surface area contributed by atoms with Gasteiger partial charge in [0.2, 0.25) is 5.91 Å². The number of aliphatic hydroxyl groups is 1. The van der Waals surface area contributed by atoms with E-state index >= 15 is 0 Å². The molecule has 1 fully saturated rings. The fraction of sp³-hybridized carbons (Fsp3) is 0.511. The average molecular weight is 724 g/mol. The first-order valence-electron chi connectivity index (χ1n) is 19.1. The molecule has 4 aliphatic rings. The van der Waals surface area contributed by atoms with Gasteiger partial charge in [0.05, 0.1) is 24.3 Å². The van der Waals surface area contributed by atoms with Gasteiger partial charge in [-0.05, 0) is 117 Å². The number of aryl methyl sites for hydroxylation is 1. The second kappa shape index (κ2) is 13.8. The van der Waals surface area contributed by atoms with Gasteiger partial charge >= 0.3 is 0 Å². The number of phenols is 1. The summed E-state index contributed by atoms with van der Waals surface area (Å²) < 4.78 is 17.4. The Bertz CT molecular complexity index is 1960. The van der Waals surface area contributed by atoms with E-state index in [0.717, 1.165) is 31.2 Å². The molecule has 2 aliphatic heterocycles. The van der Waals surface area contributed by atoms with Crippen molar-refractivity contribution in [3.63, 3.8) is 0 Å². The molecule has 3 aromatic rings. The third kappa shape index (κ3) is 7.07. The van der Waals surface area contributed by atoms with Crippen LogP contribution in [0, 0.1) is 11.3 Å². The lowest BCUT2D eigenvalue weighted by Gasteiger charge is -2.54. The third-order valence-electron chi connectivity index (χ3n) is 12.5. The van der Waals surface area contributed by atoms with Crippen LogP contribution in [0.2, 0.25) is 0 Å². The largest absolute Gasteiger partial charge is 0.507 e. The highest BCUT2D eigenvalue weighted by atomic mass is 16.5. The van der Waals surface area contributed by atoms with Gasteiger partial charge in [-0.1, -0.05) is 58.4 Å². The second-order valence-corrected chi connectivity index (χ2v) is 17.4. The molecular weight excluding hydrogens is 666 g/mol. The molecule has 2 heterocycles. The Morgan fingerprint density at radius 2 is 1.70 bits per heavy atom. The van der Waals surface area contributed by atoms with Gasteiger partial charge in [0, 0.05) is 29.9 Å². The van der Waals surface area contributed by atoms with E-state index in [1.54, 1.807) is 27.0 Å². The van der Waals surface area contributed by atoms with Crippen LogP contribution < -0.4 is 19.9 Å². The Labute approximate surface area is 314 Å². The van der Waals surface area contributed by atoms with Crippen molar-refractivity contribution in [2.45, 2.75) is 129 Å². The average Bonchev–Trinajstić information content (AvgIpc) is 3.08. The number of carbonyl (C=O) groups is 2. The van der Waals surface area contributed by atoms with Gasteiger partial charge in [-0.2, -0.15) is 0 Å². The summed E-state index contributed by atoms with van der Waals surface area (Å²) in [5.41, 5.74) is 11.2. The number of aliphatic hydroxyl groups excluding tert-OH is 1. The first-order chi connectivity index (χ1) is 24.8. The quantitative estimate of drug-likeness (QED) is 0.218.